The molecule has 1 aromatic heterocycles. The Labute approximate surface area is 88.0 Å². The van der Waals surface area contributed by atoms with Crippen LogP contribution in [-0.2, 0) is 0 Å². The standard InChI is InChI=1S/C9H15N3OS/c1-9(2,6-14-3)8(11-13)12-5-4-10-7-12/h4-5,7,13H,6H2,1-3H3. The van der Waals surface area contributed by atoms with E-state index >= 15 is 0 Å². The van der Waals surface area contributed by atoms with Crippen molar-refractivity contribution in [3.63, 3.8) is 0 Å². The zero-order valence-corrected chi connectivity index (χ0v) is 9.45. The number of oxime groups is 1. The van der Waals surface area contributed by atoms with Crippen LogP contribution in [0.1, 0.15) is 13.8 Å². The highest BCUT2D eigenvalue weighted by atomic mass is 32.2. The molecule has 1 rings (SSSR count). The van der Waals surface area contributed by atoms with Gasteiger partial charge in [-0.15, -0.1) is 0 Å². The molecule has 0 saturated carbocycles. The molecule has 78 valence electrons. The van der Waals surface area contributed by atoms with E-state index in [0.717, 1.165) is 5.75 Å². The quantitative estimate of drug-likeness (QED) is 0.361. The van der Waals surface area contributed by atoms with Gasteiger partial charge in [0.2, 0.25) is 0 Å². The second-order valence-electron chi connectivity index (χ2n) is 3.71. The molecule has 0 unspecified atom stereocenters. The highest BCUT2D eigenvalue weighted by molar-refractivity contribution is 7.98. The Morgan fingerprint density at radius 2 is 2.36 bits per heavy atom. The normalized spacial score (nSPS) is 13.2. The van der Waals surface area contributed by atoms with Gasteiger partial charge < -0.3 is 5.21 Å². The maximum Gasteiger partial charge on any atom is 0.160 e. The van der Waals surface area contributed by atoms with Crippen molar-refractivity contribution in [2.45, 2.75) is 13.8 Å². The van der Waals surface area contributed by atoms with Gasteiger partial charge in [0.1, 0.15) is 6.33 Å². The Balaban J connectivity index is 2.94. The van der Waals surface area contributed by atoms with E-state index in [9.17, 15) is 0 Å². The molecule has 0 fully saturated rings. The van der Waals surface area contributed by atoms with E-state index < -0.39 is 0 Å². The summed E-state index contributed by atoms with van der Waals surface area (Å²) in [7, 11) is 0. The summed E-state index contributed by atoms with van der Waals surface area (Å²) >= 11 is 1.72. The van der Waals surface area contributed by atoms with Crippen molar-refractivity contribution in [2.75, 3.05) is 12.0 Å². The van der Waals surface area contributed by atoms with Crippen LogP contribution in [0.5, 0.6) is 0 Å². The number of hydrogen-bond donors (Lipinski definition) is 1. The zero-order chi connectivity index (χ0) is 10.6. The van der Waals surface area contributed by atoms with Crippen molar-refractivity contribution >= 4 is 17.6 Å². The van der Waals surface area contributed by atoms with Crippen LogP contribution in [0.15, 0.2) is 23.9 Å². The average Bonchev–Trinajstić information content (AvgIpc) is 2.57. The van der Waals surface area contributed by atoms with Crippen LogP contribution in [0.2, 0.25) is 0 Å². The summed E-state index contributed by atoms with van der Waals surface area (Å²) in [6.07, 6.45) is 7.11. The van der Waals surface area contributed by atoms with Gasteiger partial charge in [-0.25, -0.2) is 4.98 Å². The lowest BCUT2D eigenvalue weighted by atomic mass is 9.94. The fourth-order valence-corrected chi connectivity index (χ4v) is 2.20. The molecule has 0 amide bonds. The van der Waals surface area contributed by atoms with Gasteiger partial charge in [-0.2, -0.15) is 11.8 Å². The van der Waals surface area contributed by atoms with Gasteiger partial charge in [0.25, 0.3) is 0 Å². The molecule has 1 N–H and O–H groups in total. The summed E-state index contributed by atoms with van der Waals surface area (Å²) in [5.74, 6) is 1.51. The Hall–Kier alpha value is -0.970. The number of aromatic nitrogens is 2. The highest BCUT2D eigenvalue weighted by Crippen LogP contribution is 2.23. The predicted molar refractivity (Wildman–Crippen MR) is 59.0 cm³/mol. The molecule has 5 heteroatoms. The van der Waals surface area contributed by atoms with Crippen LogP contribution < -0.4 is 0 Å². The molecule has 0 aliphatic rings. The molecule has 0 aliphatic carbocycles. The molecule has 0 spiro atoms. The minimum Gasteiger partial charge on any atom is -0.409 e. The lowest BCUT2D eigenvalue weighted by Crippen LogP contribution is -2.32. The monoisotopic (exact) mass is 213 g/mol. The number of nitrogens with zero attached hydrogens (tertiary/aromatic N) is 3. The van der Waals surface area contributed by atoms with Gasteiger partial charge in [0.05, 0.1) is 0 Å². The fourth-order valence-electron chi connectivity index (χ4n) is 1.35. The van der Waals surface area contributed by atoms with Crippen molar-refractivity contribution in [1.82, 2.24) is 9.55 Å². The number of hydrogen-bond acceptors (Lipinski definition) is 4. The van der Waals surface area contributed by atoms with Gasteiger partial charge in [-0.05, 0) is 6.26 Å². The molecule has 0 bridgehead atoms. The molecular weight excluding hydrogens is 198 g/mol. The summed E-state index contributed by atoms with van der Waals surface area (Å²) in [5.41, 5.74) is -0.172. The Bertz CT molecular complexity index is 306. The molecule has 0 atom stereocenters. The largest absolute Gasteiger partial charge is 0.409 e. The Morgan fingerprint density at radius 1 is 1.64 bits per heavy atom. The molecule has 0 aliphatic heterocycles. The molecule has 1 heterocycles. The number of imidazole rings is 1. The molecular formula is C9H15N3OS. The van der Waals surface area contributed by atoms with E-state index in [2.05, 4.69) is 10.1 Å². The lowest BCUT2D eigenvalue weighted by molar-refractivity contribution is 0.308. The summed E-state index contributed by atoms with van der Waals surface area (Å²) in [4.78, 5) is 3.93. The lowest BCUT2D eigenvalue weighted by Gasteiger charge is -2.24. The van der Waals surface area contributed by atoms with Crippen LogP contribution in [-0.4, -0.2) is 32.6 Å². The van der Waals surface area contributed by atoms with E-state index in [4.69, 9.17) is 5.21 Å². The summed E-state index contributed by atoms with van der Waals surface area (Å²) < 4.78 is 1.73. The van der Waals surface area contributed by atoms with E-state index in [1.165, 1.54) is 0 Å². The number of thioether (sulfide) groups is 1. The maximum atomic E-state index is 8.99. The van der Waals surface area contributed by atoms with Crippen LogP contribution in [0.3, 0.4) is 0 Å². The summed E-state index contributed by atoms with van der Waals surface area (Å²) in [6, 6.07) is 0. The number of rotatable bonds is 3. The van der Waals surface area contributed by atoms with Gasteiger partial charge in [0.15, 0.2) is 5.84 Å². The first-order chi connectivity index (χ1) is 6.61. The van der Waals surface area contributed by atoms with Gasteiger partial charge in [-0.1, -0.05) is 19.0 Å². The van der Waals surface area contributed by atoms with Crippen molar-refractivity contribution < 1.29 is 5.21 Å². The Morgan fingerprint density at radius 3 is 2.79 bits per heavy atom. The first-order valence-corrected chi connectivity index (χ1v) is 5.71. The molecule has 0 radical (unpaired) electrons. The van der Waals surface area contributed by atoms with Crippen molar-refractivity contribution in [3.05, 3.63) is 18.7 Å². The second kappa shape index (κ2) is 4.50. The smallest absolute Gasteiger partial charge is 0.160 e. The Kier molecular flexibility index (Phi) is 3.57. The van der Waals surface area contributed by atoms with Crippen LogP contribution in [0.4, 0.5) is 0 Å². The molecule has 4 nitrogen and oxygen atoms in total. The molecule has 14 heavy (non-hydrogen) atoms. The first kappa shape index (κ1) is 11.1. The zero-order valence-electron chi connectivity index (χ0n) is 8.64. The maximum absolute atomic E-state index is 8.99. The molecule has 0 saturated heterocycles. The van der Waals surface area contributed by atoms with Crippen molar-refractivity contribution in [3.8, 4) is 0 Å². The van der Waals surface area contributed by atoms with Crippen molar-refractivity contribution in [1.29, 1.82) is 0 Å². The minimum atomic E-state index is -0.172. The first-order valence-electron chi connectivity index (χ1n) is 4.31. The van der Waals surface area contributed by atoms with Gasteiger partial charge in [-0.3, -0.25) is 4.57 Å². The van der Waals surface area contributed by atoms with E-state index in [-0.39, 0.29) is 5.41 Å². The third-order valence-corrected chi connectivity index (χ3v) is 2.96. The third-order valence-electron chi connectivity index (χ3n) is 1.95. The van der Waals surface area contributed by atoms with E-state index in [1.807, 2.05) is 20.1 Å². The van der Waals surface area contributed by atoms with Crippen LogP contribution >= 0.6 is 11.8 Å². The molecule has 1 aromatic rings. The van der Waals surface area contributed by atoms with E-state index in [0.29, 0.717) is 5.84 Å². The van der Waals surface area contributed by atoms with Crippen LogP contribution in [0.25, 0.3) is 0 Å². The third kappa shape index (κ3) is 2.29. The second-order valence-corrected chi connectivity index (χ2v) is 4.58. The predicted octanol–water partition coefficient (Wildman–Crippen LogP) is 1.91. The van der Waals surface area contributed by atoms with Gasteiger partial charge in [0, 0.05) is 23.6 Å². The molecule has 0 aromatic carbocycles. The topological polar surface area (TPSA) is 50.4 Å². The van der Waals surface area contributed by atoms with Crippen molar-refractivity contribution in [2.24, 2.45) is 10.6 Å². The SMILES string of the molecule is CSCC(C)(C)C(=NO)n1ccnc1. The average molecular weight is 213 g/mol. The summed E-state index contributed by atoms with van der Waals surface area (Å²) in [6.45, 7) is 4.08. The highest BCUT2D eigenvalue weighted by Gasteiger charge is 2.26. The van der Waals surface area contributed by atoms with Crippen LogP contribution in [0, 0.1) is 5.41 Å². The fraction of sp³-hybridized carbons (Fsp3) is 0.556. The van der Waals surface area contributed by atoms with E-state index in [1.54, 1.807) is 35.0 Å². The minimum absolute atomic E-state index is 0.172. The summed E-state index contributed by atoms with van der Waals surface area (Å²) in [5, 5.41) is 12.3. The van der Waals surface area contributed by atoms with Gasteiger partial charge >= 0.3 is 0 Å².